The van der Waals surface area contributed by atoms with Gasteiger partial charge in [0.1, 0.15) is 59.4 Å². The van der Waals surface area contributed by atoms with Crippen molar-refractivity contribution in [2.75, 3.05) is 24.3 Å². The van der Waals surface area contributed by atoms with E-state index in [1.165, 1.54) is 19.6 Å². The third kappa shape index (κ3) is 7.43. The number of hydrogen-bond donors (Lipinski definition) is 6. The van der Waals surface area contributed by atoms with Crippen LogP contribution in [0.3, 0.4) is 0 Å². The maximum absolute atomic E-state index is 12.6. The van der Waals surface area contributed by atoms with Crippen LogP contribution in [0, 0.1) is 0 Å². The second-order valence-electron chi connectivity index (χ2n) is 12.0. The SMILES string of the molecule is CC(=O)Nc1n[nH]c2c(C(=O)NCc3ccc4c(c3)CC(=O)CO4)ncnc12.Nc1n[nH]c2c(C(=O)NCc3ccc4c(c3)CC(=O)CO4)ncnc12. The number of benzene rings is 2. The normalized spacial score (nSPS) is 13.2. The maximum Gasteiger partial charge on any atom is 0.272 e. The first-order valence-corrected chi connectivity index (χ1v) is 16.1. The molecule has 8 rings (SSSR count). The highest BCUT2D eigenvalue weighted by atomic mass is 16.5. The molecule has 0 fully saturated rings. The fraction of sp³-hybridized carbons (Fsp3) is 0.206. The van der Waals surface area contributed by atoms with E-state index in [-0.39, 0.29) is 72.7 Å². The number of fused-ring (bicyclic) bond motifs is 4. The highest BCUT2D eigenvalue weighted by Crippen LogP contribution is 2.26. The summed E-state index contributed by atoms with van der Waals surface area (Å²) in [5.74, 6) is 0.809. The molecule has 4 aromatic heterocycles. The maximum atomic E-state index is 12.6. The number of H-pyrrole nitrogens is 2. The van der Waals surface area contributed by atoms with Gasteiger partial charge in [0.15, 0.2) is 34.6 Å². The zero-order valence-electron chi connectivity index (χ0n) is 28.0. The molecule has 7 N–H and O–H groups in total. The molecule has 6 aromatic rings. The van der Waals surface area contributed by atoms with Gasteiger partial charge in [-0.2, -0.15) is 10.2 Å². The molecule has 53 heavy (non-hydrogen) atoms. The summed E-state index contributed by atoms with van der Waals surface area (Å²) in [6, 6.07) is 11.0. The predicted molar refractivity (Wildman–Crippen MR) is 186 cm³/mol. The molecule has 19 nitrogen and oxygen atoms in total. The summed E-state index contributed by atoms with van der Waals surface area (Å²) >= 11 is 0. The Labute approximate surface area is 298 Å². The van der Waals surface area contributed by atoms with Crippen LogP contribution in [0.5, 0.6) is 11.5 Å². The Kier molecular flexibility index (Phi) is 9.35. The Morgan fingerprint density at radius 2 is 1.25 bits per heavy atom. The molecular formula is C34H30N12O7. The fourth-order valence-electron chi connectivity index (χ4n) is 5.71. The van der Waals surface area contributed by atoms with E-state index in [0.717, 1.165) is 22.3 Å². The molecule has 2 aliphatic heterocycles. The van der Waals surface area contributed by atoms with Crippen molar-refractivity contribution in [3.8, 4) is 11.5 Å². The van der Waals surface area contributed by atoms with Crippen LogP contribution < -0.4 is 31.2 Å². The summed E-state index contributed by atoms with van der Waals surface area (Å²) in [6.45, 7) is 2.10. The van der Waals surface area contributed by atoms with Crippen molar-refractivity contribution < 1.29 is 33.4 Å². The van der Waals surface area contributed by atoms with Gasteiger partial charge >= 0.3 is 0 Å². The van der Waals surface area contributed by atoms with E-state index in [1.807, 2.05) is 30.3 Å². The molecule has 6 heterocycles. The Hall–Kier alpha value is -7.31. The van der Waals surface area contributed by atoms with Crippen LogP contribution in [-0.4, -0.2) is 82.8 Å². The van der Waals surface area contributed by atoms with Gasteiger partial charge in [-0.15, -0.1) is 0 Å². The standard InChI is InChI=1S/C18H16N6O4.C16H14N6O3/c1-9(25)22-17-15-14(23-24-17)16(21-8-20-15)18(27)19-6-10-2-3-13-11(4-10)5-12(26)7-28-13;17-15-13-12(21-22-15)14(20-7-19-13)16(24)18-5-8-1-2-11-9(3-8)4-10(23)6-25-11/h2-4,8H,5-7H2,1H3,(H,19,27)(H2,22,23,24,25);1-3,7H,4-6H2,(H,18,24)(H3,17,21,22). The molecule has 0 radical (unpaired) electrons. The van der Waals surface area contributed by atoms with E-state index in [1.54, 1.807) is 6.07 Å². The largest absolute Gasteiger partial charge is 0.486 e. The van der Waals surface area contributed by atoms with Gasteiger partial charge in [-0.3, -0.25) is 34.2 Å². The van der Waals surface area contributed by atoms with Crippen molar-refractivity contribution in [3.63, 3.8) is 0 Å². The lowest BCUT2D eigenvalue weighted by Crippen LogP contribution is -2.25. The lowest BCUT2D eigenvalue weighted by Gasteiger charge is -2.17. The van der Waals surface area contributed by atoms with Gasteiger partial charge in [0, 0.05) is 44.0 Å². The van der Waals surface area contributed by atoms with E-state index in [9.17, 15) is 24.0 Å². The van der Waals surface area contributed by atoms with Crippen LogP contribution in [-0.2, 0) is 40.3 Å². The molecule has 0 aliphatic carbocycles. The van der Waals surface area contributed by atoms with Gasteiger partial charge in [-0.1, -0.05) is 12.1 Å². The number of nitrogen functional groups attached to an aromatic ring is 1. The first kappa shape index (κ1) is 34.2. The zero-order chi connectivity index (χ0) is 37.1. The lowest BCUT2D eigenvalue weighted by molar-refractivity contribution is -0.122. The number of carbonyl (C=O) groups excluding carboxylic acids is 5. The summed E-state index contributed by atoms with van der Waals surface area (Å²) < 4.78 is 10.7. The number of nitrogens with one attached hydrogen (secondary N) is 5. The number of aromatic nitrogens is 8. The molecule has 19 heteroatoms. The average Bonchev–Trinajstić information content (AvgIpc) is 3.75. The van der Waals surface area contributed by atoms with Crippen molar-refractivity contribution in [2.45, 2.75) is 32.9 Å². The number of nitrogens with two attached hydrogens (primary N) is 1. The van der Waals surface area contributed by atoms with Crippen LogP contribution >= 0.6 is 0 Å². The molecule has 0 unspecified atom stereocenters. The number of anilines is 2. The summed E-state index contributed by atoms with van der Waals surface area (Å²) in [7, 11) is 0. The second-order valence-corrected chi connectivity index (χ2v) is 12.0. The van der Waals surface area contributed by atoms with E-state index in [4.69, 9.17) is 15.2 Å². The van der Waals surface area contributed by atoms with Crippen molar-refractivity contribution in [1.82, 2.24) is 51.0 Å². The number of hydrogen-bond acceptors (Lipinski definition) is 14. The molecule has 268 valence electrons. The molecule has 3 amide bonds. The van der Waals surface area contributed by atoms with E-state index in [2.05, 4.69) is 56.3 Å². The Balaban J connectivity index is 0.000000165. The Morgan fingerprint density at radius 3 is 1.79 bits per heavy atom. The van der Waals surface area contributed by atoms with Gasteiger partial charge in [0.05, 0.1) is 0 Å². The van der Waals surface area contributed by atoms with Gasteiger partial charge in [-0.05, 0) is 35.4 Å². The molecule has 0 saturated carbocycles. The van der Waals surface area contributed by atoms with E-state index >= 15 is 0 Å². The van der Waals surface area contributed by atoms with Gasteiger partial charge in [0.2, 0.25) is 5.91 Å². The predicted octanol–water partition coefficient (Wildman–Crippen LogP) is 1.11. The topological polar surface area (TPSA) is 275 Å². The van der Waals surface area contributed by atoms with Gasteiger partial charge in [-0.25, -0.2) is 19.9 Å². The summed E-state index contributed by atoms with van der Waals surface area (Å²) in [5, 5.41) is 21.3. The molecule has 2 aromatic carbocycles. The zero-order valence-corrected chi connectivity index (χ0v) is 28.0. The second kappa shape index (κ2) is 14.5. The number of nitrogens with zero attached hydrogens (tertiary/aromatic N) is 6. The van der Waals surface area contributed by atoms with Gasteiger partial charge < -0.3 is 31.2 Å². The summed E-state index contributed by atoms with van der Waals surface area (Å²) in [6.07, 6.45) is 3.17. The molecule has 0 bridgehead atoms. The Morgan fingerprint density at radius 1 is 0.736 bits per heavy atom. The van der Waals surface area contributed by atoms with Crippen LogP contribution in [0.4, 0.5) is 11.6 Å². The van der Waals surface area contributed by atoms with Crippen molar-refractivity contribution in [1.29, 1.82) is 0 Å². The van der Waals surface area contributed by atoms with Crippen LogP contribution in [0.2, 0.25) is 0 Å². The molecule has 0 atom stereocenters. The Bertz CT molecular complexity index is 2440. The minimum absolute atomic E-state index is 0.0197. The third-order valence-corrected chi connectivity index (χ3v) is 8.16. The summed E-state index contributed by atoms with van der Waals surface area (Å²) in [5.41, 5.74) is 10.8. The quantitative estimate of drug-likeness (QED) is 0.135. The average molecular weight is 719 g/mol. The lowest BCUT2D eigenvalue weighted by atomic mass is 10.0. The van der Waals surface area contributed by atoms with E-state index in [0.29, 0.717) is 46.4 Å². The number of ketones is 2. The van der Waals surface area contributed by atoms with E-state index < -0.39 is 5.91 Å². The molecule has 0 spiro atoms. The summed E-state index contributed by atoms with van der Waals surface area (Å²) in [4.78, 5) is 75.3. The first-order chi connectivity index (χ1) is 25.6. The minimum Gasteiger partial charge on any atom is -0.486 e. The fourth-order valence-corrected chi connectivity index (χ4v) is 5.71. The number of carbonyl (C=O) groups is 5. The molecule has 0 saturated heterocycles. The van der Waals surface area contributed by atoms with Crippen LogP contribution in [0.15, 0.2) is 49.1 Å². The smallest absolute Gasteiger partial charge is 0.272 e. The number of Topliss-reactive ketones (excluding diaryl/α,β-unsaturated/α-hetero) is 2. The van der Waals surface area contributed by atoms with Crippen LogP contribution in [0.1, 0.15) is 50.2 Å². The van der Waals surface area contributed by atoms with Gasteiger partial charge in [0.25, 0.3) is 11.8 Å². The number of aromatic amines is 2. The van der Waals surface area contributed by atoms with Crippen molar-refractivity contribution in [2.24, 2.45) is 0 Å². The highest BCUT2D eigenvalue weighted by Gasteiger charge is 2.21. The highest BCUT2D eigenvalue weighted by molar-refractivity contribution is 6.06. The number of amides is 3. The minimum atomic E-state index is -0.421. The molecular weight excluding hydrogens is 688 g/mol. The van der Waals surface area contributed by atoms with Crippen molar-refractivity contribution in [3.05, 3.63) is 82.7 Å². The van der Waals surface area contributed by atoms with Crippen LogP contribution in [0.25, 0.3) is 22.1 Å². The van der Waals surface area contributed by atoms with Crippen molar-refractivity contribution >= 4 is 63.0 Å². The number of ether oxygens (including phenoxy) is 2. The molecule has 2 aliphatic rings. The first-order valence-electron chi connectivity index (χ1n) is 16.1. The monoisotopic (exact) mass is 718 g/mol. The number of rotatable bonds is 7. The third-order valence-electron chi connectivity index (χ3n) is 8.16.